The number of nitrogens with zero attached hydrogens (tertiary/aromatic N) is 1. The molecule has 0 radical (unpaired) electrons. The zero-order valence-corrected chi connectivity index (χ0v) is 15.4. The van der Waals surface area contributed by atoms with Crippen LogP contribution in [0, 0.1) is 6.92 Å². The highest BCUT2D eigenvalue weighted by Gasteiger charge is 2.12. The molecular weight excluding hydrogens is 352 g/mol. The van der Waals surface area contributed by atoms with Crippen LogP contribution in [0.5, 0.6) is 0 Å². The molecule has 0 aromatic heterocycles. The van der Waals surface area contributed by atoms with Crippen LogP contribution in [0.15, 0.2) is 53.0 Å². The van der Waals surface area contributed by atoms with E-state index in [2.05, 4.69) is 40.3 Å². The molecule has 2 aromatic rings. The summed E-state index contributed by atoms with van der Waals surface area (Å²) in [6, 6.07) is 16.3. The third-order valence-electron chi connectivity index (χ3n) is 3.86. The van der Waals surface area contributed by atoms with Gasteiger partial charge < -0.3 is 5.32 Å². The summed E-state index contributed by atoms with van der Waals surface area (Å²) >= 11 is 3.42. The number of amides is 1. The largest absolute Gasteiger partial charge is 0.348 e. The van der Waals surface area contributed by atoms with Crippen LogP contribution < -0.4 is 5.32 Å². The summed E-state index contributed by atoms with van der Waals surface area (Å²) in [5, 5.41) is 3.05. The lowest BCUT2D eigenvalue weighted by molar-refractivity contribution is -0.122. The summed E-state index contributed by atoms with van der Waals surface area (Å²) in [7, 11) is 1.97. The molecule has 0 spiro atoms. The lowest BCUT2D eigenvalue weighted by Gasteiger charge is -2.20. The van der Waals surface area contributed by atoms with E-state index in [4.69, 9.17) is 0 Å². The second-order valence-corrected chi connectivity index (χ2v) is 6.86. The molecule has 0 unspecified atom stereocenters. The lowest BCUT2D eigenvalue weighted by Crippen LogP contribution is -2.36. The molecule has 0 bridgehead atoms. The smallest absolute Gasteiger partial charge is 0.234 e. The number of halogens is 1. The first-order valence-electron chi connectivity index (χ1n) is 7.73. The molecule has 1 atom stereocenters. The Hall–Kier alpha value is -1.65. The Morgan fingerprint density at radius 2 is 1.83 bits per heavy atom. The maximum Gasteiger partial charge on any atom is 0.234 e. The normalized spacial score (nSPS) is 12.2. The van der Waals surface area contributed by atoms with Crippen LogP contribution in [0.2, 0.25) is 0 Å². The highest BCUT2D eigenvalue weighted by molar-refractivity contribution is 9.10. The Kier molecular flexibility index (Phi) is 6.37. The number of hydrogen-bond acceptors (Lipinski definition) is 2. The maximum atomic E-state index is 12.2. The van der Waals surface area contributed by atoms with Crippen molar-refractivity contribution in [3.05, 3.63) is 69.7 Å². The van der Waals surface area contributed by atoms with E-state index in [0.717, 1.165) is 16.6 Å². The minimum absolute atomic E-state index is 0.00228. The third kappa shape index (κ3) is 5.48. The molecular formula is C19H23BrN2O. The van der Waals surface area contributed by atoms with Gasteiger partial charge in [0, 0.05) is 11.0 Å². The highest BCUT2D eigenvalue weighted by atomic mass is 79.9. The topological polar surface area (TPSA) is 32.3 Å². The molecule has 4 heteroatoms. The van der Waals surface area contributed by atoms with Crippen LogP contribution in [0.1, 0.15) is 29.7 Å². The quantitative estimate of drug-likeness (QED) is 0.826. The number of nitrogens with one attached hydrogen (secondary N) is 1. The fraction of sp³-hybridized carbons (Fsp3) is 0.316. The van der Waals surface area contributed by atoms with Crippen LogP contribution in [0.3, 0.4) is 0 Å². The molecule has 0 saturated heterocycles. The SMILES string of the molecule is Cc1ccccc1CN(C)CC(=O)N[C@@H](C)c1ccc(Br)cc1. The van der Waals surface area contributed by atoms with Gasteiger partial charge in [0.1, 0.15) is 0 Å². The van der Waals surface area contributed by atoms with Crippen molar-refractivity contribution in [2.75, 3.05) is 13.6 Å². The van der Waals surface area contributed by atoms with Crippen LogP contribution in [-0.4, -0.2) is 24.4 Å². The predicted octanol–water partition coefficient (Wildman–Crippen LogP) is 4.07. The van der Waals surface area contributed by atoms with Crippen molar-refractivity contribution in [3.8, 4) is 0 Å². The monoisotopic (exact) mass is 374 g/mol. The van der Waals surface area contributed by atoms with E-state index < -0.39 is 0 Å². The van der Waals surface area contributed by atoms with E-state index in [9.17, 15) is 4.79 Å². The first-order valence-corrected chi connectivity index (χ1v) is 8.53. The highest BCUT2D eigenvalue weighted by Crippen LogP contribution is 2.16. The number of aryl methyl sites for hydroxylation is 1. The Bertz CT molecular complexity index is 655. The molecule has 2 aromatic carbocycles. The molecule has 0 saturated carbocycles. The Morgan fingerprint density at radius 3 is 2.48 bits per heavy atom. The van der Waals surface area contributed by atoms with Crippen molar-refractivity contribution >= 4 is 21.8 Å². The molecule has 0 heterocycles. The molecule has 0 fully saturated rings. The summed E-state index contributed by atoms with van der Waals surface area (Å²) in [5.41, 5.74) is 3.61. The van der Waals surface area contributed by atoms with E-state index >= 15 is 0 Å². The van der Waals surface area contributed by atoms with Crippen LogP contribution in [-0.2, 0) is 11.3 Å². The van der Waals surface area contributed by atoms with Crippen LogP contribution in [0.4, 0.5) is 0 Å². The summed E-state index contributed by atoms with van der Waals surface area (Å²) in [6.07, 6.45) is 0. The summed E-state index contributed by atoms with van der Waals surface area (Å²) in [6.45, 7) is 5.25. The Morgan fingerprint density at radius 1 is 1.17 bits per heavy atom. The molecule has 2 rings (SSSR count). The van der Waals surface area contributed by atoms with Gasteiger partial charge in [0.2, 0.25) is 5.91 Å². The average Bonchev–Trinajstić information content (AvgIpc) is 2.50. The maximum absolute atomic E-state index is 12.2. The third-order valence-corrected chi connectivity index (χ3v) is 4.39. The predicted molar refractivity (Wildman–Crippen MR) is 98.2 cm³/mol. The number of hydrogen-bond donors (Lipinski definition) is 1. The molecule has 0 aliphatic rings. The van der Waals surface area contributed by atoms with Crippen LogP contribution in [0.25, 0.3) is 0 Å². The number of benzene rings is 2. The minimum Gasteiger partial charge on any atom is -0.348 e. The van der Waals surface area contributed by atoms with E-state index in [1.165, 1.54) is 11.1 Å². The first kappa shape index (κ1) is 17.7. The van der Waals surface area contributed by atoms with Gasteiger partial charge in [-0.25, -0.2) is 0 Å². The zero-order valence-electron chi connectivity index (χ0n) is 13.8. The first-order chi connectivity index (χ1) is 11.0. The van der Waals surface area contributed by atoms with Gasteiger partial charge in [0.05, 0.1) is 12.6 Å². The van der Waals surface area contributed by atoms with Gasteiger partial charge in [-0.2, -0.15) is 0 Å². The van der Waals surface area contributed by atoms with Gasteiger partial charge in [-0.1, -0.05) is 52.3 Å². The van der Waals surface area contributed by atoms with Crippen molar-refractivity contribution in [3.63, 3.8) is 0 Å². The van der Waals surface area contributed by atoms with Gasteiger partial charge in [-0.3, -0.25) is 9.69 Å². The summed E-state index contributed by atoms with van der Waals surface area (Å²) < 4.78 is 1.04. The number of rotatable bonds is 6. The van der Waals surface area contributed by atoms with Gasteiger partial charge >= 0.3 is 0 Å². The fourth-order valence-electron chi connectivity index (χ4n) is 2.50. The van der Waals surface area contributed by atoms with Gasteiger partial charge in [0.15, 0.2) is 0 Å². The second-order valence-electron chi connectivity index (χ2n) is 5.94. The van der Waals surface area contributed by atoms with Crippen molar-refractivity contribution in [2.24, 2.45) is 0 Å². The Labute approximate surface area is 146 Å². The van der Waals surface area contributed by atoms with E-state index in [1.54, 1.807) is 0 Å². The fourth-order valence-corrected chi connectivity index (χ4v) is 2.77. The Balaban J connectivity index is 1.86. The van der Waals surface area contributed by atoms with Gasteiger partial charge in [-0.05, 0) is 49.7 Å². The minimum atomic E-state index is 0.00228. The summed E-state index contributed by atoms with van der Waals surface area (Å²) in [4.78, 5) is 14.3. The van der Waals surface area contributed by atoms with Crippen molar-refractivity contribution in [2.45, 2.75) is 26.4 Å². The van der Waals surface area contributed by atoms with Gasteiger partial charge in [-0.15, -0.1) is 0 Å². The van der Waals surface area contributed by atoms with Gasteiger partial charge in [0.25, 0.3) is 0 Å². The molecule has 23 heavy (non-hydrogen) atoms. The van der Waals surface area contributed by atoms with Crippen LogP contribution >= 0.6 is 15.9 Å². The number of likely N-dealkylation sites (N-methyl/N-ethyl adjacent to an activating group) is 1. The molecule has 1 amide bonds. The molecule has 1 N–H and O–H groups in total. The lowest BCUT2D eigenvalue weighted by atomic mass is 10.1. The average molecular weight is 375 g/mol. The van der Waals surface area contributed by atoms with E-state index in [1.807, 2.05) is 55.3 Å². The molecule has 0 aliphatic heterocycles. The van der Waals surface area contributed by atoms with Crippen molar-refractivity contribution in [1.82, 2.24) is 10.2 Å². The zero-order chi connectivity index (χ0) is 16.8. The summed E-state index contributed by atoms with van der Waals surface area (Å²) in [5.74, 6) is 0.0384. The molecule has 122 valence electrons. The van der Waals surface area contributed by atoms with E-state index in [-0.39, 0.29) is 11.9 Å². The standard InChI is InChI=1S/C19H23BrN2O/c1-14-6-4-5-7-17(14)12-22(3)13-19(23)21-15(2)16-8-10-18(20)11-9-16/h4-11,15H,12-13H2,1-3H3,(H,21,23)/t15-/m0/s1. The second kappa shape index (κ2) is 8.27. The van der Waals surface area contributed by atoms with Crippen molar-refractivity contribution < 1.29 is 4.79 Å². The molecule has 3 nitrogen and oxygen atoms in total. The number of carbonyl (C=O) groups is 1. The van der Waals surface area contributed by atoms with E-state index in [0.29, 0.717) is 6.54 Å². The number of carbonyl (C=O) groups excluding carboxylic acids is 1. The molecule has 0 aliphatic carbocycles. The van der Waals surface area contributed by atoms with Crippen molar-refractivity contribution in [1.29, 1.82) is 0 Å².